The first-order valence-corrected chi connectivity index (χ1v) is 21.7. The molecule has 0 aliphatic carbocycles. The molecule has 0 unspecified atom stereocenters. The fraction of sp³-hybridized carbons (Fsp3) is 0.475. The SMILES string of the molecule is C[C@H]1[C@H]([Si](C)(C)O)[C@@H](CC(=O)N2Cc3ccccc3C[C@H]2CO)O[C@]12C(=O)N(Cc1cccc(N3CCCCCCC3=O)c1)c1ccc([N+](=O)[O-])cc12. The third-order valence-corrected chi connectivity index (χ3v) is 14.3. The summed E-state index contributed by atoms with van der Waals surface area (Å²) in [6, 6.07) is 19.3. The van der Waals surface area contributed by atoms with Crippen molar-refractivity contribution in [2.24, 2.45) is 5.92 Å². The van der Waals surface area contributed by atoms with Gasteiger partial charge < -0.3 is 29.3 Å². The molecule has 0 bridgehead atoms. The number of nitro benzene ring substituents is 1. The van der Waals surface area contributed by atoms with Crippen molar-refractivity contribution >= 4 is 43.1 Å². The summed E-state index contributed by atoms with van der Waals surface area (Å²) >= 11 is 0. The van der Waals surface area contributed by atoms with Gasteiger partial charge in [0.2, 0.25) is 11.8 Å². The van der Waals surface area contributed by atoms with Crippen molar-refractivity contribution in [1.29, 1.82) is 0 Å². The van der Waals surface area contributed by atoms with Crippen LogP contribution in [0.5, 0.6) is 0 Å². The van der Waals surface area contributed by atoms with Crippen LogP contribution in [0.25, 0.3) is 0 Å². The monoisotopic (exact) mass is 740 g/mol. The molecule has 280 valence electrons. The van der Waals surface area contributed by atoms with E-state index in [-0.39, 0.29) is 37.1 Å². The van der Waals surface area contributed by atoms with E-state index in [0.29, 0.717) is 37.2 Å². The van der Waals surface area contributed by atoms with E-state index < -0.39 is 48.4 Å². The van der Waals surface area contributed by atoms with Gasteiger partial charge in [-0.3, -0.25) is 24.5 Å². The van der Waals surface area contributed by atoms with Gasteiger partial charge in [-0.2, -0.15) is 0 Å². The molecule has 13 heteroatoms. The molecular formula is C40H48N4O8Si. The van der Waals surface area contributed by atoms with E-state index in [1.807, 2.05) is 60.4 Å². The van der Waals surface area contributed by atoms with Gasteiger partial charge in [-0.05, 0) is 67.2 Å². The second-order valence-corrected chi connectivity index (χ2v) is 19.6. The fourth-order valence-corrected chi connectivity index (χ4v) is 11.9. The van der Waals surface area contributed by atoms with Gasteiger partial charge in [0.1, 0.15) is 0 Å². The highest BCUT2D eigenvalue weighted by molar-refractivity contribution is 6.71. The Morgan fingerprint density at radius 1 is 1.02 bits per heavy atom. The van der Waals surface area contributed by atoms with E-state index in [1.165, 1.54) is 12.1 Å². The number of ether oxygens (including phenoxy) is 1. The number of benzene rings is 3. The predicted molar refractivity (Wildman–Crippen MR) is 202 cm³/mol. The van der Waals surface area contributed by atoms with Crippen molar-refractivity contribution in [2.75, 3.05) is 23.0 Å². The Morgan fingerprint density at radius 2 is 1.77 bits per heavy atom. The summed E-state index contributed by atoms with van der Waals surface area (Å²) in [6.45, 7) is 6.23. The van der Waals surface area contributed by atoms with E-state index in [9.17, 15) is 29.6 Å². The number of nitrogens with zero attached hydrogens (tertiary/aromatic N) is 4. The summed E-state index contributed by atoms with van der Waals surface area (Å²) in [5.74, 6) is -1.23. The van der Waals surface area contributed by atoms with Crippen molar-refractivity contribution in [1.82, 2.24) is 4.90 Å². The van der Waals surface area contributed by atoms with Gasteiger partial charge in [0, 0.05) is 54.4 Å². The molecule has 4 aliphatic rings. The molecule has 4 heterocycles. The third-order valence-electron chi connectivity index (χ3n) is 11.8. The maximum absolute atomic E-state index is 15.0. The largest absolute Gasteiger partial charge is 0.432 e. The molecule has 1 spiro atoms. The molecule has 2 saturated heterocycles. The number of anilines is 2. The summed E-state index contributed by atoms with van der Waals surface area (Å²) in [6.07, 6.45) is 3.86. The zero-order valence-corrected chi connectivity index (χ0v) is 31.6. The van der Waals surface area contributed by atoms with Crippen molar-refractivity contribution in [3.63, 3.8) is 0 Å². The van der Waals surface area contributed by atoms with Crippen molar-refractivity contribution in [3.05, 3.63) is 99.1 Å². The molecule has 2 N–H and O–H groups in total. The van der Waals surface area contributed by atoms with Gasteiger partial charge in [-0.15, -0.1) is 0 Å². The second kappa shape index (κ2) is 14.4. The molecule has 7 rings (SSSR count). The molecular weight excluding hydrogens is 693 g/mol. The van der Waals surface area contributed by atoms with Crippen molar-refractivity contribution in [2.45, 2.75) is 101 Å². The summed E-state index contributed by atoms with van der Waals surface area (Å²) < 4.78 is 6.86. The Balaban J connectivity index is 1.23. The van der Waals surface area contributed by atoms with Crippen LogP contribution in [0, 0.1) is 16.0 Å². The fourth-order valence-electron chi connectivity index (χ4n) is 9.31. The van der Waals surface area contributed by atoms with Crippen LogP contribution in [0.4, 0.5) is 17.1 Å². The number of rotatable bonds is 8. The first-order valence-electron chi connectivity index (χ1n) is 18.7. The number of non-ortho nitro benzene ring substituents is 1. The zero-order valence-electron chi connectivity index (χ0n) is 30.6. The molecule has 0 saturated carbocycles. The Bertz CT molecular complexity index is 1930. The number of hydrogen-bond acceptors (Lipinski definition) is 8. The second-order valence-electron chi connectivity index (χ2n) is 15.6. The summed E-state index contributed by atoms with van der Waals surface area (Å²) in [5.41, 5.74) is 1.97. The minimum Gasteiger partial charge on any atom is -0.432 e. The minimum absolute atomic E-state index is 0.0744. The maximum Gasteiger partial charge on any atom is 0.269 e. The van der Waals surface area contributed by atoms with Crippen LogP contribution in [0.3, 0.4) is 0 Å². The normalized spacial score (nSPS) is 26.0. The average Bonchev–Trinajstić information content (AvgIpc) is 3.55. The Morgan fingerprint density at radius 3 is 2.51 bits per heavy atom. The van der Waals surface area contributed by atoms with Crippen LogP contribution in [-0.4, -0.2) is 71.1 Å². The van der Waals surface area contributed by atoms with Gasteiger partial charge in [0.25, 0.3) is 11.6 Å². The van der Waals surface area contributed by atoms with Gasteiger partial charge in [-0.1, -0.05) is 56.2 Å². The average molecular weight is 741 g/mol. The molecule has 0 aromatic heterocycles. The van der Waals surface area contributed by atoms with Crippen LogP contribution in [0.2, 0.25) is 18.6 Å². The number of fused-ring (bicyclic) bond motifs is 3. The highest BCUT2D eigenvalue weighted by Crippen LogP contribution is 2.60. The first-order chi connectivity index (χ1) is 25.3. The number of aliphatic hydroxyl groups excluding tert-OH is 1. The number of amides is 3. The van der Waals surface area contributed by atoms with E-state index in [4.69, 9.17) is 4.74 Å². The molecule has 3 aromatic rings. The van der Waals surface area contributed by atoms with Crippen LogP contribution in [0.1, 0.15) is 67.7 Å². The topological polar surface area (TPSA) is 154 Å². The lowest BCUT2D eigenvalue weighted by atomic mass is 9.82. The Hall–Kier alpha value is -4.43. The van der Waals surface area contributed by atoms with Gasteiger partial charge in [0.05, 0.1) is 42.3 Å². The first kappa shape index (κ1) is 36.9. The third kappa shape index (κ3) is 6.68. The molecule has 2 fully saturated rings. The van der Waals surface area contributed by atoms with Gasteiger partial charge >= 0.3 is 0 Å². The predicted octanol–water partition coefficient (Wildman–Crippen LogP) is 5.57. The lowest BCUT2D eigenvalue weighted by Crippen LogP contribution is -2.48. The molecule has 3 aromatic carbocycles. The van der Waals surface area contributed by atoms with E-state index in [0.717, 1.165) is 48.1 Å². The van der Waals surface area contributed by atoms with E-state index >= 15 is 4.79 Å². The van der Waals surface area contributed by atoms with Crippen LogP contribution >= 0.6 is 0 Å². The molecule has 4 aliphatic heterocycles. The summed E-state index contributed by atoms with van der Waals surface area (Å²) in [5, 5.41) is 22.4. The summed E-state index contributed by atoms with van der Waals surface area (Å²) in [7, 11) is -3.15. The van der Waals surface area contributed by atoms with Crippen molar-refractivity contribution < 1.29 is 33.9 Å². The van der Waals surface area contributed by atoms with Crippen LogP contribution in [-0.2, 0) is 44.2 Å². The summed E-state index contributed by atoms with van der Waals surface area (Å²) in [4.78, 5) is 70.7. The number of nitro groups is 1. The van der Waals surface area contributed by atoms with Crippen LogP contribution < -0.4 is 9.80 Å². The Labute approximate surface area is 310 Å². The molecule has 12 nitrogen and oxygen atoms in total. The molecule has 53 heavy (non-hydrogen) atoms. The van der Waals surface area contributed by atoms with Crippen LogP contribution in [0.15, 0.2) is 66.7 Å². The smallest absolute Gasteiger partial charge is 0.269 e. The maximum atomic E-state index is 15.0. The molecule has 5 atom stereocenters. The quantitative estimate of drug-likeness (QED) is 0.173. The molecule has 3 amide bonds. The highest BCUT2D eigenvalue weighted by atomic mass is 28.4. The van der Waals surface area contributed by atoms with Gasteiger partial charge in [-0.25, -0.2) is 0 Å². The van der Waals surface area contributed by atoms with Gasteiger partial charge in [0.15, 0.2) is 13.9 Å². The minimum atomic E-state index is -3.15. The number of carbonyl (C=O) groups is 3. The lowest BCUT2D eigenvalue weighted by molar-refractivity contribution is -0.385. The van der Waals surface area contributed by atoms with Crippen molar-refractivity contribution in [3.8, 4) is 0 Å². The standard InChI is InChI=1S/C40H48N4O8Si/c1-26-38(53(2,3)51)35(22-37(47)42-24-29-13-8-7-12-28(29)20-32(42)25-45)52-40(26)33-21-31(44(49)50)16-17-34(33)43(39(40)48)23-27-11-10-14-30(19-27)41-18-9-5-4-6-15-36(41)46/h7-8,10-14,16-17,19,21,26,32,35,38,45,51H,4-6,9,15,18,20,22-25H2,1-3H3/t26-,32-,35+,38-,40+/m0/s1. The number of aliphatic hydroxyl groups is 1. The highest BCUT2D eigenvalue weighted by Gasteiger charge is 2.66. The number of carbonyl (C=O) groups excluding carboxylic acids is 3. The Kier molecular flexibility index (Phi) is 10.0. The molecule has 0 radical (unpaired) electrons. The van der Waals surface area contributed by atoms with E-state index in [2.05, 4.69) is 0 Å². The zero-order chi connectivity index (χ0) is 37.7. The number of hydrogen-bond donors (Lipinski definition) is 2. The van der Waals surface area contributed by atoms with E-state index in [1.54, 1.807) is 29.0 Å². The lowest BCUT2D eigenvalue weighted by Gasteiger charge is -2.37.